The second kappa shape index (κ2) is 7.48. The lowest BCUT2D eigenvalue weighted by molar-refractivity contribution is 0.181. The van der Waals surface area contributed by atoms with E-state index in [0.29, 0.717) is 19.0 Å². The van der Waals surface area contributed by atoms with Crippen LogP contribution < -0.4 is 5.32 Å². The van der Waals surface area contributed by atoms with E-state index in [1.54, 1.807) is 18.3 Å². The van der Waals surface area contributed by atoms with Gasteiger partial charge in [0.2, 0.25) is 0 Å². The Morgan fingerprint density at radius 2 is 2.00 bits per heavy atom. The van der Waals surface area contributed by atoms with E-state index in [9.17, 15) is 9.18 Å². The van der Waals surface area contributed by atoms with Crippen molar-refractivity contribution in [3.8, 4) is 0 Å². The Balaban J connectivity index is 1.71. The number of nitrogens with zero attached hydrogens (tertiary/aromatic N) is 3. The summed E-state index contributed by atoms with van der Waals surface area (Å²) < 4.78 is 15.1. The summed E-state index contributed by atoms with van der Waals surface area (Å²) in [6.45, 7) is 7.77. The molecule has 1 aliphatic carbocycles. The van der Waals surface area contributed by atoms with Crippen molar-refractivity contribution >= 4 is 6.03 Å². The Labute approximate surface area is 154 Å². The van der Waals surface area contributed by atoms with Crippen LogP contribution >= 0.6 is 0 Å². The van der Waals surface area contributed by atoms with Gasteiger partial charge in [-0.25, -0.2) is 14.2 Å². The molecule has 1 aromatic carbocycles. The first-order chi connectivity index (χ1) is 12.3. The molecule has 1 saturated carbocycles. The second-order valence-corrected chi connectivity index (χ2v) is 8.10. The van der Waals surface area contributed by atoms with Crippen LogP contribution in [0.2, 0.25) is 0 Å². The number of urea groups is 1. The van der Waals surface area contributed by atoms with E-state index in [1.807, 2.05) is 36.4 Å². The molecule has 0 spiro atoms. The third kappa shape index (κ3) is 5.31. The van der Waals surface area contributed by atoms with Gasteiger partial charge in [-0.2, -0.15) is 0 Å². The fourth-order valence-corrected chi connectivity index (χ4v) is 2.82. The number of rotatable bonds is 6. The Morgan fingerprint density at radius 3 is 2.62 bits per heavy atom. The zero-order valence-corrected chi connectivity index (χ0v) is 15.7. The molecule has 5 nitrogen and oxygen atoms in total. The first-order valence-electron chi connectivity index (χ1n) is 9.12. The molecule has 0 bridgehead atoms. The van der Waals surface area contributed by atoms with E-state index in [0.717, 1.165) is 17.9 Å². The molecule has 1 fully saturated rings. The highest BCUT2D eigenvalue weighted by atomic mass is 19.1. The van der Waals surface area contributed by atoms with Gasteiger partial charge < -0.3 is 14.8 Å². The van der Waals surface area contributed by atoms with Gasteiger partial charge in [-0.1, -0.05) is 12.1 Å². The van der Waals surface area contributed by atoms with Crippen molar-refractivity contribution in [2.75, 3.05) is 6.54 Å². The Kier molecular flexibility index (Phi) is 5.30. The van der Waals surface area contributed by atoms with Gasteiger partial charge in [0, 0.05) is 31.0 Å². The summed E-state index contributed by atoms with van der Waals surface area (Å²) in [5.74, 6) is 1.19. The van der Waals surface area contributed by atoms with Gasteiger partial charge in [-0.15, -0.1) is 0 Å². The monoisotopic (exact) mass is 358 g/mol. The molecule has 3 rings (SSSR count). The lowest BCUT2D eigenvalue weighted by Gasteiger charge is -2.28. The van der Waals surface area contributed by atoms with E-state index in [-0.39, 0.29) is 17.4 Å². The van der Waals surface area contributed by atoms with Gasteiger partial charge in [-0.05, 0) is 57.2 Å². The number of benzene rings is 1. The average Bonchev–Trinajstić information content (AvgIpc) is 3.27. The van der Waals surface area contributed by atoms with Crippen molar-refractivity contribution in [1.29, 1.82) is 0 Å². The van der Waals surface area contributed by atoms with Crippen LogP contribution in [0.1, 0.15) is 45.0 Å². The van der Waals surface area contributed by atoms with Crippen LogP contribution in [0.25, 0.3) is 0 Å². The molecule has 2 amide bonds. The molecule has 0 unspecified atom stereocenters. The van der Waals surface area contributed by atoms with Crippen molar-refractivity contribution < 1.29 is 9.18 Å². The Bertz CT molecular complexity index is 744. The predicted molar refractivity (Wildman–Crippen MR) is 99.1 cm³/mol. The van der Waals surface area contributed by atoms with Crippen molar-refractivity contribution in [1.82, 2.24) is 19.8 Å². The van der Waals surface area contributed by atoms with Crippen LogP contribution in [0.4, 0.5) is 9.18 Å². The maximum Gasteiger partial charge on any atom is 0.318 e. The van der Waals surface area contributed by atoms with E-state index in [2.05, 4.69) is 10.3 Å². The number of imidazole rings is 1. The van der Waals surface area contributed by atoms with Gasteiger partial charge in [-0.3, -0.25) is 0 Å². The molecule has 1 N–H and O–H groups in total. The predicted octanol–water partition coefficient (Wildman–Crippen LogP) is 3.79. The smallest absolute Gasteiger partial charge is 0.318 e. The minimum atomic E-state index is -0.275. The van der Waals surface area contributed by atoms with E-state index < -0.39 is 0 Å². The average molecular weight is 358 g/mol. The lowest BCUT2D eigenvalue weighted by Crippen LogP contribution is -2.49. The minimum Gasteiger partial charge on any atom is -0.333 e. The van der Waals surface area contributed by atoms with Crippen LogP contribution in [0, 0.1) is 11.7 Å². The normalized spacial score (nSPS) is 14.3. The molecular weight excluding hydrogens is 331 g/mol. The van der Waals surface area contributed by atoms with Crippen LogP contribution in [0.3, 0.4) is 0 Å². The first kappa shape index (κ1) is 18.4. The first-order valence-corrected chi connectivity index (χ1v) is 9.12. The van der Waals surface area contributed by atoms with Crippen LogP contribution in [-0.2, 0) is 13.1 Å². The summed E-state index contributed by atoms with van der Waals surface area (Å²) in [6.07, 6.45) is 6.01. The number of halogens is 1. The molecular formula is C20H27FN4O. The van der Waals surface area contributed by atoms with Gasteiger partial charge in [0.05, 0.1) is 6.54 Å². The Hall–Kier alpha value is -2.37. The standard InChI is InChI=1S/C20H27FN4O/c1-20(2,3)23-19(26)25(13-15-4-5-15)14-18-22-10-11-24(18)12-16-6-8-17(21)9-7-16/h6-11,15H,4-5,12-14H2,1-3H3,(H,23,26). The summed E-state index contributed by atoms with van der Waals surface area (Å²) in [7, 11) is 0. The summed E-state index contributed by atoms with van der Waals surface area (Å²) >= 11 is 0. The summed E-state index contributed by atoms with van der Waals surface area (Å²) in [5.41, 5.74) is 0.723. The highest BCUT2D eigenvalue weighted by molar-refractivity contribution is 5.74. The van der Waals surface area contributed by atoms with Crippen molar-refractivity contribution in [2.24, 2.45) is 5.92 Å². The van der Waals surface area contributed by atoms with E-state index in [4.69, 9.17) is 0 Å². The number of carbonyl (C=O) groups excluding carboxylic acids is 1. The highest BCUT2D eigenvalue weighted by Crippen LogP contribution is 2.30. The van der Waals surface area contributed by atoms with Crippen LogP contribution in [0.5, 0.6) is 0 Å². The number of hydrogen-bond acceptors (Lipinski definition) is 2. The SMILES string of the molecule is CC(C)(C)NC(=O)N(Cc1nccn1Cc1ccc(F)cc1)CC1CC1. The van der Waals surface area contributed by atoms with Gasteiger partial charge in [0.25, 0.3) is 0 Å². The molecule has 140 valence electrons. The molecule has 0 atom stereocenters. The molecule has 0 saturated heterocycles. The zero-order chi connectivity index (χ0) is 18.7. The topological polar surface area (TPSA) is 50.2 Å². The fraction of sp³-hybridized carbons (Fsp3) is 0.500. The largest absolute Gasteiger partial charge is 0.333 e. The number of nitrogens with one attached hydrogen (secondary N) is 1. The summed E-state index contributed by atoms with van der Waals surface area (Å²) in [4.78, 5) is 19.0. The molecule has 26 heavy (non-hydrogen) atoms. The molecule has 6 heteroatoms. The number of carbonyl (C=O) groups is 1. The zero-order valence-electron chi connectivity index (χ0n) is 15.7. The van der Waals surface area contributed by atoms with Gasteiger partial charge in [0.1, 0.15) is 11.6 Å². The van der Waals surface area contributed by atoms with Crippen LogP contribution in [0.15, 0.2) is 36.7 Å². The number of aromatic nitrogens is 2. The molecule has 1 aromatic heterocycles. The second-order valence-electron chi connectivity index (χ2n) is 8.10. The van der Waals surface area contributed by atoms with Gasteiger partial charge >= 0.3 is 6.03 Å². The molecule has 0 radical (unpaired) electrons. The third-order valence-corrected chi connectivity index (χ3v) is 4.34. The molecule has 2 aromatic rings. The van der Waals surface area contributed by atoms with E-state index >= 15 is 0 Å². The van der Waals surface area contributed by atoms with E-state index in [1.165, 1.54) is 25.0 Å². The number of amides is 2. The number of hydrogen-bond donors (Lipinski definition) is 1. The summed E-state index contributed by atoms with van der Waals surface area (Å²) in [6, 6.07) is 6.41. The molecule has 1 aliphatic rings. The third-order valence-electron chi connectivity index (χ3n) is 4.34. The minimum absolute atomic E-state index is 0.0549. The van der Waals surface area contributed by atoms with Crippen molar-refractivity contribution in [2.45, 2.75) is 52.2 Å². The van der Waals surface area contributed by atoms with Crippen molar-refractivity contribution in [3.63, 3.8) is 0 Å². The molecule has 0 aliphatic heterocycles. The maximum absolute atomic E-state index is 13.1. The van der Waals surface area contributed by atoms with Gasteiger partial charge in [0.15, 0.2) is 0 Å². The highest BCUT2D eigenvalue weighted by Gasteiger charge is 2.29. The fourth-order valence-electron chi connectivity index (χ4n) is 2.82. The maximum atomic E-state index is 13.1. The molecule has 1 heterocycles. The van der Waals surface area contributed by atoms with Crippen LogP contribution in [-0.4, -0.2) is 32.6 Å². The quantitative estimate of drug-likeness (QED) is 0.854. The lowest BCUT2D eigenvalue weighted by atomic mass is 10.1. The summed E-state index contributed by atoms with van der Waals surface area (Å²) in [5, 5.41) is 3.05. The van der Waals surface area contributed by atoms with Crippen molar-refractivity contribution in [3.05, 3.63) is 53.9 Å². The Morgan fingerprint density at radius 1 is 1.31 bits per heavy atom.